The van der Waals surface area contributed by atoms with Crippen molar-refractivity contribution in [3.05, 3.63) is 215 Å². The molecule has 0 saturated carbocycles. The minimum atomic E-state index is -0.601. The number of amides is 6. The van der Waals surface area contributed by atoms with Crippen LogP contribution >= 0.6 is 0 Å². The molecule has 1 fully saturated rings. The molecule has 1 aliphatic rings. The Morgan fingerprint density at radius 2 is 0.581 bits per heavy atom. The molecule has 1 saturated heterocycles. The van der Waals surface area contributed by atoms with Gasteiger partial charge in [-0.2, -0.15) is 0 Å². The molecule has 1 heterocycles. The minimum absolute atomic E-state index is 0.0543. The first kappa shape index (κ1) is 53.8. The van der Waals surface area contributed by atoms with Crippen LogP contribution < -0.4 is 16.8 Å². The van der Waals surface area contributed by atoms with Crippen molar-refractivity contribution in [2.75, 3.05) is 85.1 Å². The maximum Gasteiger partial charge on any atom is 0.242 e. The summed E-state index contributed by atoms with van der Waals surface area (Å²) in [7, 11) is 0. The standard InChI is InChI=1S/C60H68N8O6/c61-33-19-35-64-42-59(73)66(38-52(46-21-7-1-8-22-46)47-23-9-2-10-24-47)41-55(69)63-37-56(70)67(39-53(48-25-11-3-12-26-48)49-27-13-4-14-28-49)44-57(71)65(36-20-34-62)43-60(74)68(45-58(64)72)40-54(50-29-15-5-16-30-50)51-31-17-6-18-32-51/h1-18,21-32,52-54H,19-20,33-45,61-62H2,(H,63,69). The van der Waals surface area contributed by atoms with Crippen molar-refractivity contribution in [2.24, 2.45) is 11.5 Å². The van der Waals surface area contributed by atoms with E-state index < -0.39 is 74.7 Å². The molecule has 0 aliphatic carbocycles. The molecule has 384 valence electrons. The lowest BCUT2D eigenvalue weighted by atomic mass is 9.90. The van der Waals surface area contributed by atoms with E-state index >= 15 is 4.79 Å². The summed E-state index contributed by atoms with van der Waals surface area (Å²) in [6, 6.07) is 58.1. The molecule has 0 bridgehead atoms. The lowest BCUT2D eigenvalue weighted by molar-refractivity contribution is -0.148. The van der Waals surface area contributed by atoms with Gasteiger partial charge in [-0.25, -0.2) is 0 Å². The van der Waals surface area contributed by atoms with Crippen LogP contribution in [0.25, 0.3) is 0 Å². The Kier molecular flexibility index (Phi) is 20.2. The van der Waals surface area contributed by atoms with E-state index in [9.17, 15) is 24.0 Å². The largest absolute Gasteiger partial charge is 0.345 e. The first-order valence-electron chi connectivity index (χ1n) is 25.5. The molecule has 0 aromatic heterocycles. The van der Waals surface area contributed by atoms with Crippen LogP contribution in [0.4, 0.5) is 0 Å². The van der Waals surface area contributed by atoms with Crippen LogP contribution in [0.15, 0.2) is 182 Å². The van der Waals surface area contributed by atoms with E-state index in [1.165, 1.54) is 24.5 Å². The lowest BCUT2D eigenvalue weighted by Gasteiger charge is -2.34. The van der Waals surface area contributed by atoms with Gasteiger partial charge < -0.3 is 41.3 Å². The van der Waals surface area contributed by atoms with Gasteiger partial charge in [-0.15, -0.1) is 0 Å². The van der Waals surface area contributed by atoms with Crippen LogP contribution in [0.3, 0.4) is 0 Å². The van der Waals surface area contributed by atoms with Crippen molar-refractivity contribution >= 4 is 35.4 Å². The van der Waals surface area contributed by atoms with E-state index in [0.717, 1.165) is 33.4 Å². The second-order valence-corrected chi connectivity index (χ2v) is 18.6. The third kappa shape index (κ3) is 15.3. The highest BCUT2D eigenvalue weighted by Crippen LogP contribution is 2.29. The molecule has 5 N–H and O–H groups in total. The number of nitrogens with zero attached hydrogens (tertiary/aromatic N) is 5. The summed E-state index contributed by atoms with van der Waals surface area (Å²) in [6.45, 7) is -1.79. The number of carbonyl (C=O) groups excluding carboxylic acids is 6. The SMILES string of the molecule is NCCCN1CC(=O)N(CC(c2ccccc2)c2ccccc2)CC(=O)N(CCCN)CC(=O)N(CC(c2ccccc2)c2ccccc2)CC(=O)NCC(=O)N(CC(c2ccccc2)c2ccccc2)CC1=O. The second-order valence-electron chi connectivity index (χ2n) is 18.6. The van der Waals surface area contributed by atoms with Gasteiger partial charge in [-0.3, -0.25) is 28.8 Å². The maximum atomic E-state index is 15.1. The zero-order valence-corrected chi connectivity index (χ0v) is 42.0. The maximum absolute atomic E-state index is 15.1. The van der Waals surface area contributed by atoms with Gasteiger partial charge in [-0.1, -0.05) is 182 Å². The van der Waals surface area contributed by atoms with Crippen LogP contribution in [0.5, 0.6) is 0 Å². The lowest BCUT2D eigenvalue weighted by Crippen LogP contribution is -2.54. The molecular formula is C60H68N8O6. The van der Waals surface area contributed by atoms with E-state index in [1.54, 1.807) is 0 Å². The first-order chi connectivity index (χ1) is 36.1. The Labute approximate surface area is 434 Å². The summed E-state index contributed by atoms with van der Waals surface area (Å²) >= 11 is 0. The Hall–Kier alpha value is -7.94. The topological polar surface area (TPSA) is 183 Å². The highest BCUT2D eigenvalue weighted by Gasteiger charge is 2.33. The summed E-state index contributed by atoms with van der Waals surface area (Å²) in [4.78, 5) is 96.0. The molecule has 6 aromatic rings. The molecule has 14 nitrogen and oxygen atoms in total. The monoisotopic (exact) mass is 997 g/mol. The molecule has 74 heavy (non-hydrogen) atoms. The van der Waals surface area contributed by atoms with Gasteiger partial charge in [0.25, 0.3) is 0 Å². The predicted molar refractivity (Wildman–Crippen MR) is 287 cm³/mol. The molecule has 6 amide bonds. The third-order valence-electron chi connectivity index (χ3n) is 13.5. The number of hydrogen-bond donors (Lipinski definition) is 3. The Morgan fingerprint density at radius 3 is 0.865 bits per heavy atom. The fourth-order valence-corrected chi connectivity index (χ4v) is 9.46. The van der Waals surface area contributed by atoms with Crippen LogP contribution in [0.2, 0.25) is 0 Å². The molecule has 14 heteroatoms. The van der Waals surface area contributed by atoms with Gasteiger partial charge in [0.2, 0.25) is 35.4 Å². The molecular weight excluding hydrogens is 929 g/mol. The van der Waals surface area contributed by atoms with E-state index in [-0.39, 0.29) is 63.6 Å². The predicted octanol–water partition coefficient (Wildman–Crippen LogP) is 5.45. The van der Waals surface area contributed by atoms with Crippen LogP contribution in [-0.4, -0.2) is 145 Å². The van der Waals surface area contributed by atoms with Crippen LogP contribution in [-0.2, 0) is 28.8 Å². The first-order valence-corrected chi connectivity index (χ1v) is 25.5. The summed E-state index contributed by atoms with van der Waals surface area (Å²) in [6.07, 6.45) is 0.715. The quantitative estimate of drug-likeness (QED) is 0.102. The number of nitrogens with two attached hydrogens (primary N) is 2. The van der Waals surface area contributed by atoms with E-state index in [2.05, 4.69) is 5.32 Å². The molecule has 6 aromatic carbocycles. The number of rotatable bonds is 18. The van der Waals surface area contributed by atoms with Gasteiger partial charge in [0.1, 0.15) is 0 Å². The van der Waals surface area contributed by atoms with Gasteiger partial charge in [0, 0.05) is 50.5 Å². The number of nitrogens with one attached hydrogen (secondary N) is 1. The number of hydrogen-bond acceptors (Lipinski definition) is 8. The molecule has 0 atom stereocenters. The van der Waals surface area contributed by atoms with E-state index in [1.807, 2.05) is 182 Å². The van der Waals surface area contributed by atoms with Crippen molar-refractivity contribution in [2.45, 2.75) is 30.6 Å². The molecule has 0 unspecified atom stereocenters. The highest BCUT2D eigenvalue weighted by atomic mass is 16.2. The van der Waals surface area contributed by atoms with Crippen molar-refractivity contribution in [3.63, 3.8) is 0 Å². The van der Waals surface area contributed by atoms with Gasteiger partial charge in [0.15, 0.2) is 0 Å². The Morgan fingerprint density at radius 1 is 0.338 bits per heavy atom. The average molecular weight is 997 g/mol. The Balaban J connectivity index is 1.31. The molecule has 1 aliphatic heterocycles. The smallest absolute Gasteiger partial charge is 0.242 e. The van der Waals surface area contributed by atoms with Crippen molar-refractivity contribution in [1.29, 1.82) is 0 Å². The Bertz CT molecular complexity index is 2510. The van der Waals surface area contributed by atoms with Gasteiger partial charge in [-0.05, 0) is 59.3 Å². The number of carbonyl (C=O) groups is 6. The zero-order valence-electron chi connectivity index (χ0n) is 42.0. The zero-order chi connectivity index (χ0) is 52.1. The third-order valence-corrected chi connectivity index (χ3v) is 13.5. The summed E-state index contributed by atoms with van der Waals surface area (Å²) in [5, 5.41) is 2.77. The highest BCUT2D eigenvalue weighted by molar-refractivity contribution is 5.94. The number of benzene rings is 6. The van der Waals surface area contributed by atoms with E-state index in [0.29, 0.717) is 12.8 Å². The van der Waals surface area contributed by atoms with Crippen molar-refractivity contribution in [3.8, 4) is 0 Å². The normalized spacial score (nSPS) is 15.0. The van der Waals surface area contributed by atoms with Gasteiger partial charge >= 0.3 is 0 Å². The van der Waals surface area contributed by atoms with Crippen LogP contribution in [0.1, 0.15) is 64.0 Å². The fourth-order valence-electron chi connectivity index (χ4n) is 9.46. The second kappa shape index (κ2) is 27.8. The molecule has 0 spiro atoms. The van der Waals surface area contributed by atoms with Crippen molar-refractivity contribution < 1.29 is 28.8 Å². The van der Waals surface area contributed by atoms with E-state index in [4.69, 9.17) is 11.5 Å². The fraction of sp³-hybridized carbons (Fsp3) is 0.300. The van der Waals surface area contributed by atoms with Crippen LogP contribution in [0, 0.1) is 0 Å². The summed E-state index contributed by atoms with van der Waals surface area (Å²) in [5.74, 6) is -4.29. The van der Waals surface area contributed by atoms with Gasteiger partial charge in [0.05, 0.1) is 39.3 Å². The summed E-state index contributed by atoms with van der Waals surface area (Å²) in [5.41, 5.74) is 17.5. The average Bonchev–Trinajstić information content (AvgIpc) is 3.44. The summed E-state index contributed by atoms with van der Waals surface area (Å²) < 4.78 is 0. The minimum Gasteiger partial charge on any atom is -0.345 e. The molecule has 0 radical (unpaired) electrons. The van der Waals surface area contributed by atoms with Crippen molar-refractivity contribution in [1.82, 2.24) is 29.8 Å². The molecule has 7 rings (SSSR count).